The topological polar surface area (TPSA) is 23.5 Å². The van der Waals surface area contributed by atoms with E-state index < -0.39 is 0 Å². The fraction of sp³-hybridized carbons (Fsp3) is 1.00. The molecule has 1 saturated heterocycles. The molecule has 0 saturated carbocycles. The zero-order valence-corrected chi connectivity index (χ0v) is 11.0. The molecule has 2 unspecified atom stereocenters. The molecule has 1 heterocycles. The number of hydrogen-bond donors (Lipinski definition) is 1. The SMILES string of the molecule is CC(C)(C)C(CBr)CN1CCC(O)C1. The summed E-state index contributed by atoms with van der Waals surface area (Å²) in [6, 6.07) is 0. The Kier molecular flexibility index (Phi) is 4.41. The highest BCUT2D eigenvalue weighted by atomic mass is 79.9. The van der Waals surface area contributed by atoms with Crippen LogP contribution in [0, 0.1) is 11.3 Å². The van der Waals surface area contributed by atoms with E-state index in [1.165, 1.54) is 0 Å². The van der Waals surface area contributed by atoms with E-state index in [0.717, 1.165) is 31.4 Å². The molecule has 2 nitrogen and oxygen atoms in total. The van der Waals surface area contributed by atoms with Crippen molar-refractivity contribution in [1.29, 1.82) is 0 Å². The van der Waals surface area contributed by atoms with E-state index in [9.17, 15) is 5.11 Å². The number of hydrogen-bond acceptors (Lipinski definition) is 2. The van der Waals surface area contributed by atoms with Crippen LogP contribution >= 0.6 is 15.9 Å². The molecule has 0 aromatic rings. The Morgan fingerprint density at radius 2 is 2.14 bits per heavy atom. The largest absolute Gasteiger partial charge is 0.392 e. The van der Waals surface area contributed by atoms with Gasteiger partial charge in [-0.25, -0.2) is 0 Å². The highest BCUT2D eigenvalue weighted by Gasteiger charge is 2.28. The van der Waals surface area contributed by atoms with Gasteiger partial charge in [0, 0.05) is 25.0 Å². The Labute approximate surface area is 95.8 Å². The molecule has 0 aromatic carbocycles. The summed E-state index contributed by atoms with van der Waals surface area (Å²) in [7, 11) is 0. The van der Waals surface area contributed by atoms with Crippen molar-refractivity contribution in [1.82, 2.24) is 4.90 Å². The maximum absolute atomic E-state index is 9.43. The number of β-amino-alcohol motifs (C(OH)–C–C–N with tert-alkyl or cyclic N) is 1. The lowest BCUT2D eigenvalue weighted by Gasteiger charge is -2.32. The molecule has 1 N–H and O–H groups in total. The maximum atomic E-state index is 9.43. The minimum atomic E-state index is -0.0917. The Morgan fingerprint density at radius 3 is 2.50 bits per heavy atom. The molecular weight excluding hydrogens is 242 g/mol. The van der Waals surface area contributed by atoms with Crippen LogP contribution in [-0.2, 0) is 0 Å². The number of likely N-dealkylation sites (tertiary alicyclic amines) is 1. The van der Waals surface area contributed by atoms with Gasteiger partial charge in [-0.2, -0.15) is 0 Å². The summed E-state index contributed by atoms with van der Waals surface area (Å²) < 4.78 is 0. The lowest BCUT2D eigenvalue weighted by Crippen LogP contribution is -2.35. The van der Waals surface area contributed by atoms with Crippen molar-refractivity contribution in [2.45, 2.75) is 33.3 Å². The van der Waals surface area contributed by atoms with Crippen molar-refractivity contribution in [3.63, 3.8) is 0 Å². The summed E-state index contributed by atoms with van der Waals surface area (Å²) in [6.45, 7) is 9.87. The zero-order valence-electron chi connectivity index (χ0n) is 9.46. The van der Waals surface area contributed by atoms with Crippen molar-refractivity contribution in [3.8, 4) is 0 Å². The van der Waals surface area contributed by atoms with Crippen molar-refractivity contribution in [2.24, 2.45) is 11.3 Å². The van der Waals surface area contributed by atoms with Gasteiger partial charge in [-0.3, -0.25) is 0 Å². The van der Waals surface area contributed by atoms with Crippen LogP contribution < -0.4 is 0 Å². The van der Waals surface area contributed by atoms with Crippen LogP contribution in [0.5, 0.6) is 0 Å². The highest BCUT2D eigenvalue weighted by Crippen LogP contribution is 2.29. The van der Waals surface area contributed by atoms with Gasteiger partial charge in [-0.05, 0) is 17.8 Å². The van der Waals surface area contributed by atoms with Crippen molar-refractivity contribution >= 4 is 15.9 Å². The van der Waals surface area contributed by atoms with Gasteiger partial charge >= 0.3 is 0 Å². The third kappa shape index (κ3) is 3.52. The molecule has 84 valence electrons. The summed E-state index contributed by atoms with van der Waals surface area (Å²) in [5, 5.41) is 10.5. The third-order valence-corrected chi connectivity index (χ3v) is 3.92. The van der Waals surface area contributed by atoms with Crippen LogP contribution in [0.25, 0.3) is 0 Å². The second-order valence-corrected chi connectivity index (χ2v) is 6.07. The average Bonchev–Trinajstić information content (AvgIpc) is 2.45. The minimum absolute atomic E-state index is 0.0917. The summed E-state index contributed by atoms with van der Waals surface area (Å²) in [5.74, 6) is 0.660. The van der Waals surface area contributed by atoms with E-state index in [-0.39, 0.29) is 6.10 Å². The third-order valence-electron chi connectivity index (χ3n) is 3.14. The monoisotopic (exact) mass is 263 g/mol. The Hall–Kier alpha value is 0.400. The molecule has 1 aliphatic rings. The lowest BCUT2D eigenvalue weighted by molar-refractivity contribution is 0.150. The van der Waals surface area contributed by atoms with Crippen LogP contribution in [-0.4, -0.2) is 41.1 Å². The first-order chi connectivity index (χ1) is 6.43. The first-order valence-electron chi connectivity index (χ1n) is 5.40. The summed E-state index contributed by atoms with van der Waals surface area (Å²) in [4.78, 5) is 2.38. The average molecular weight is 264 g/mol. The number of aliphatic hydroxyl groups excluding tert-OH is 1. The number of aliphatic hydroxyl groups is 1. The van der Waals surface area contributed by atoms with E-state index in [1.54, 1.807) is 0 Å². The molecule has 0 radical (unpaired) electrons. The lowest BCUT2D eigenvalue weighted by atomic mass is 9.82. The minimum Gasteiger partial charge on any atom is -0.392 e. The van der Waals surface area contributed by atoms with Crippen LogP contribution in [0.1, 0.15) is 27.2 Å². The van der Waals surface area contributed by atoms with Crippen LogP contribution in [0.15, 0.2) is 0 Å². The van der Waals surface area contributed by atoms with Crippen LogP contribution in [0.3, 0.4) is 0 Å². The molecule has 2 atom stereocenters. The van der Waals surface area contributed by atoms with E-state index in [4.69, 9.17) is 0 Å². The molecule has 0 amide bonds. The first kappa shape index (κ1) is 12.5. The molecule has 0 aliphatic carbocycles. The fourth-order valence-electron chi connectivity index (χ4n) is 1.84. The molecule has 0 spiro atoms. The quantitative estimate of drug-likeness (QED) is 0.789. The predicted molar refractivity (Wildman–Crippen MR) is 63.8 cm³/mol. The van der Waals surface area contributed by atoms with Gasteiger partial charge in [-0.1, -0.05) is 36.7 Å². The van der Waals surface area contributed by atoms with Gasteiger partial charge in [0.1, 0.15) is 0 Å². The van der Waals surface area contributed by atoms with Crippen LogP contribution in [0.2, 0.25) is 0 Å². The molecule has 0 bridgehead atoms. The van der Waals surface area contributed by atoms with Gasteiger partial charge in [0.25, 0.3) is 0 Å². The second-order valence-electron chi connectivity index (χ2n) is 5.42. The summed E-state index contributed by atoms with van der Waals surface area (Å²) in [6.07, 6.45) is 0.852. The van der Waals surface area contributed by atoms with Crippen molar-refractivity contribution < 1.29 is 5.11 Å². The summed E-state index contributed by atoms with van der Waals surface area (Å²) >= 11 is 3.58. The molecule has 3 heteroatoms. The molecule has 1 aliphatic heterocycles. The molecule has 1 fully saturated rings. The van der Waals surface area contributed by atoms with E-state index in [0.29, 0.717) is 11.3 Å². The summed E-state index contributed by atoms with van der Waals surface area (Å²) in [5.41, 5.74) is 0.344. The zero-order chi connectivity index (χ0) is 10.8. The van der Waals surface area contributed by atoms with Crippen molar-refractivity contribution in [2.75, 3.05) is 25.0 Å². The second kappa shape index (κ2) is 4.95. The molecule has 0 aromatic heterocycles. The maximum Gasteiger partial charge on any atom is 0.0679 e. The van der Waals surface area contributed by atoms with Gasteiger partial charge in [-0.15, -0.1) is 0 Å². The van der Waals surface area contributed by atoms with Crippen LogP contribution in [0.4, 0.5) is 0 Å². The Balaban J connectivity index is 2.41. The molecule has 14 heavy (non-hydrogen) atoms. The number of halogens is 1. The first-order valence-corrected chi connectivity index (χ1v) is 6.52. The van der Waals surface area contributed by atoms with E-state index >= 15 is 0 Å². The van der Waals surface area contributed by atoms with Crippen molar-refractivity contribution in [3.05, 3.63) is 0 Å². The number of rotatable bonds is 3. The normalized spacial score (nSPS) is 26.8. The predicted octanol–water partition coefficient (Wildman–Crippen LogP) is 2.11. The number of alkyl halides is 1. The van der Waals surface area contributed by atoms with E-state index in [1.807, 2.05) is 0 Å². The molecular formula is C11H22BrNO. The fourth-order valence-corrected chi connectivity index (χ4v) is 3.02. The molecule has 1 rings (SSSR count). The highest BCUT2D eigenvalue weighted by molar-refractivity contribution is 9.09. The van der Waals surface area contributed by atoms with Gasteiger partial charge in [0.15, 0.2) is 0 Å². The Morgan fingerprint density at radius 1 is 1.50 bits per heavy atom. The van der Waals surface area contributed by atoms with Gasteiger partial charge in [0.05, 0.1) is 6.10 Å². The standard InChI is InChI=1S/C11H22BrNO/c1-11(2,3)9(6-12)7-13-5-4-10(14)8-13/h9-10,14H,4-8H2,1-3H3. The van der Waals surface area contributed by atoms with Gasteiger partial charge < -0.3 is 10.0 Å². The van der Waals surface area contributed by atoms with Gasteiger partial charge in [0.2, 0.25) is 0 Å². The Bertz CT molecular complexity index is 179. The smallest absolute Gasteiger partial charge is 0.0679 e. The number of nitrogens with zero attached hydrogens (tertiary/aromatic N) is 1. The van der Waals surface area contributed by atoms with E-state index in [2.05, 4.69) is 41.6 Å².